The van der Waals surface area contributed by atoms with Crippen molar-refractivity contribution in [2.75, 3.05) is 0 Å². The van der Waals surface area contributed by atoms with Gasteiger partial charge in [0.2, 0.25) is 0 Å². The molecule has 0 aliphatic heterocycles. The summed E-state index contributed by atoms with van der Waals surface area (Å²) in [6.07, 6.45) is 0. The quantitative estimate of drug-likeness (QED) is 0.168. The zero-order chi connectivity index (χ0) is 40.7. The number of para-hydroxylation sites is 4. The molecule has 0 radical (unpaired) electrons. The van der Waals surface area contributed by atoms with Gasteiger partial charge in [0.05, 0.1) is 22.1 Å². The lowest BCUT2D eigenvalue weighted by atomic mass is 10.0. The zero-order valence-electron chi connectivity index (χ0n) is 33.2. The molecule has 0 N–H and O–H groups in total. The summed E-state index contributed by atoms with van der Waals surface area (Å²) in [4.78, 5) is 10.0. The van der Waals surface area contributed by atoms with E-state index in [0.29, 0.717) is 0 Å². The third-order valence-corrected chi connectivity index (χ3v) is 12.2. The van der Waals surface area contributed by atoms with E-state index in [-0.39, 0.29) is 0 Å². The van der Waals surface area contributed by atoms with Crippen LogP contribution < -0.4 is 0 Å². The molecule has 4 heterocycles. The molecule has 0 unspecified atom stereocenters. The highest BCUT2D eigenvalue weighted by Gasteiger charge is 2.18. The van der Waals surface area contributed by atoms with Crippen LogP contribution in [0.2, 0.25) is 0 Å². The van der Waals surface area contributed by atoms with Crippen LogP contribution in [-0.4, -0.2) is 19.1 Å². The van der Waals surface area contributed by atoms with Crippen molar-refractivity contribution in [3.8, 4) is 56.4 Å². The Hall–Kier alpha value is -8.48. The molecular weight excluding hydrogens is 761 g/mol. The van der Waals surface area contributed by atoms with Crippen LogP contribution in [0.15, 0.2) is 215 Å². The second kappa shape index (κ2) is 13.5. The highest BCUT2D eigenvalue weighted by molar-refractivity contribution is 6.15. The van der Waals surface area contributed by atoms with Crippen molar-refractivity contribution < 1.29 is 8.83 Å². The lowest BCUT2D eigenvalue weighted by molar-refractivity contribution is 0.664. The minimum atomic E-state index is 0.833. The third-order valence-electron chi connectivity index (χ3n) is 12.2. The number of hydrogen-bond donors (Lipinski definition) is 0. The van der Waals surface area contributed by atoms with Crippen molar-refractivity contribution in [1.82, 2.24) is 19.1 Å². The highest BCUT2D eigenvalue weighted by atomic mass is 16.3. The molecule has 6 nitrogen and oxygen atoms in total. The van der Waals surface area contributed by atoms with E-state index in [0.717, 1.165) is 122 Å². The lowest BCUT2D eigenvalue weighted by Gasteiger charge is -2.11. The van der Waals surface area contributed by atoms with E-state index in [1.807, 2.05) is 24.3 Å². The topological polar surface area (TPSA) is 61.9 Å². The van der Waals surface area contributed by atoms with Gasteiger partial charge in [0, 0.05) is 44.0 Å². The maximum absolute atomic E-state index is 6.51. The molecule has 0 amide bonds. The van der Waals surface area contributed by atoms with Crippen LogP contribution in [0, 0.1) is 0 Å². The van der Waals surface area contributed by atoms with Crippen LogP contribution in [0.1, 0.15) is 0 Å². The number of aromatic nitrogens is 4. The number of hydrogen-bond acceptors (Lipinski definition) is 4. The maximum Gasteiger partial charge on any atom is 0.145 e. The van der Waals surface area contributed by atoms with Gasteiger partial charge in [-0.1, -0.05) is 121 Å². The minimum Gasteiger partial charge on any atom is -0.456 e. The Morgan fingerprint density at radius 2 is 0.661 bits per heavy atom. The molecule has 0 bridgehead atoms. The monoisotopic (exact) mass is 794 g/mol. The number of benzene rings is 9. The SMILES string of the molecule is c1ccc(-c2nc3ccccc3n2-c2ccc(-c3ccc4oc5cc6c(cc5c4c3)oc3ccc(-c4ccc(-n5c(-c7ccccc7)nc7ccccc75)cc4)cc36)cc2)cc1. The Morgan fingerprint density at radius 1 is 0.290 bits per heavy atom. The number of nitrogens with zero attached hydrogens (tertiary/aromatic N) is 4. The average molecular weight is 795 g/mol. The van der Waals surface area contributed by atoms with Gasteiger partial charge in [-0.2, -0.15) is 0 Å². The Kier molecular flexibility index (Phi) is 7.50. The molecule has 290 valence electrons. The van der Waals surface area contributed by atoms with Gasteiger partial charge in [-0.25, -0.2) is 9.97 Å². The molecule has 4 aromatic heterocycles. The maximum atomic E-state index is 6.51. The molecule has 0 saturated heterocycles. The van der Waals surface area contributed by atoms with Gasteiger partial charge in [0.25, 0.3) is 0 Å². The second-order valence-electron chi connectivity index (χ2n) is 15.8. The Bertz CT molecular complexity index is 3580. The number of rotatable bonds is 6. The van der Waals surface area contributed by atoms with E-state index in [2.05, 4.69) is 191 Å². The number of imidazole rings is 2. The van der Waals surface area contributed by atoms with Gasteiger partial charge in [-0.15, -0.1) is 0 Å². The van der Waals surface area contributed by atoms with E-state index in [4.69, 9.17) is 18.8 Å². The molecule has 0 saturated carbocycles. The van der Waals surface area contributed by atoms with Gasteiger partial charge in [0.15, 0.2) is 0 Å². The number of furan rings is 2. The predicted molar refractivity (Wildman–Crippen MR) is 252 cm³/mol. The van der Waals surface area contributed by atoms with Crippen molar-refractivity contribution in [3.63, 3.8) is 0 Å². The molecule has 6 heteroatoms. The summed E-state index contributed by atoms with van der Waals surface area (Å²) in [5, 5.41) is 4.16. The van der Waals surface area contributed by atoms with Crippen molar-refractivity contribution in [1.29, 1.82) is 0 Å². The Labute approximate surface area is 355 Å². The molecular formula is C56H34N4O2. The first-order valence-corrected chi connectivity index (χ1v) is 20.8. The Morgan fingerprint density at radius 3 is 1.10 bits per heavy atom. The van der Waals surface area contributed by atoms with E-state index >= 15 is 0 Å². The van der Waals surface area contributed by atoms with Crippen LogP contribution in [0.5, 0.6) is 0 Å². The average Bonchev–Trinajstić information content (AvgIpc) is 4.11. The molecule has 62 heavy (non-hydrogen) atoms. The first kappa shape index (κ1) is 34.4. The van der Waals surface area contributed by atoms with Crippen molar-refractivity contribution in [2.24, 2.45) is 0 Å². The summed E-state index contributed by atoms with van der Waals surface area (Å²) in [5.74, 6) is 1.84. The molecule has 0 aliphatic rings. The van der Waals surface area contributed by atoms with Crippen molar-refractivity contribution in [2.45, 2.75) is 0 Å². The fourth-order valence-corrected chi connectivity index (χ4v) is 9.15. The standard InChI is InChI=1S/C56H34N4O2/c1-3-11-37(12-4-1)55-57-47-15-7-9-17-49(47)59(55)41-25-19-35(20-26-41)39-23-29-51-43(31-39)45-33-54-46(34-53(45)61-51)44-32-40(24-30-52(44)62-54)36-21-27-42(28-22-36)60-50-18-10-8-16-48(50)58-56(60)38-13-5-2-6-14-38/h1-34H. The van der Waals surface area contributed by atoms with Gasteiger partial charge in [-0.3, -0.25) is 9.13 Å². The largest absolute Gasteiger partial charge is 0.456 e. The van der Waals surface area contributed by atoms with Gasteiger partial charge in [-0.05, 0) is 107 Å². The zero-order valence-corrected chi connectivity index (χ0v) is 33.2. The van der Waals surface area contributed by atoms with Crippen LogP contribution >= 0.6 is 0 Å². The fraction of sp³-hybridized carbons (Fsp3) is 0. The summed E-state index contributed by atoms with van der Waals surface area (Å²) in [5.41, 5.74) is 16.2. The van der Waals surface area contributed by atoms with E-state index in [1.54, 1.807) is 0 Å². The highest BCUT2D eigenvalue weighted by Crippen LogP contribution is 2.40. The molecule has 0 aliphatic carbocycles. The van der Waals surface area contributed by atoms with Crippen LogP contribution in [0.3, 0.4) is 0 Å². The fourth-order valence-electron chi connectivity index (χ4n) is 9.15. The van der Waals surface area contributed by atoms with Crippen molar-refractivity contribution in [3.05, 3.63) is 206 Å². The van der Waals surface area contributed by atoms with Gasteiger partial charge >= 0.3 is 0 Å². The molecule has 0 spiro atoms. The molecule has 0 fully saturated rings. The van der Waals surface area contributed by atoms with E-state index in [9.17, 15) is 0 Å². The minimum absolute atomic E-state index is 0.833. The molecule has 0 atom stereocenters. The molecule has 13 aromatic rings. The summed E-state index contributed by atoms with van der Waals surface area (Å²) < 4.78 is 17.5. The first-order chi connectivity index (χ1) is 30.7. The van der Waals surface area contributed by atoms with E-state index < -0.39 is 0 Å². The van der Waals surface area contributed by atoms with Crippen molar-refractivity contribution >= 4 is 65.9 Å². The van der Waals surface area contributed by atoms with Gasteiger partial charge in [0.1, 0.15) is 34.0 Å². The summed E-state index contributed by atoms with van der Waals surface area (Å²) in [7, 11) is 0. The second-order valence-corrected chi connectivity index (χ2v) is 15.8. The normalized spacial score (nSPS) is 11.9. The molecule has 9 aromatic carbocycles. The summed E-state index contributed by atoms with van der Waals surface area (Å²) in [6.45, 7) is 0. The Balaban J connectivity index is 0.840. The smallest absolute Gasteiger partial charge is 0.145 e. The first-order valence-electron chi connectivity index (χ1n) is 20.8. The van der Waals surface area contributed by atoms with Crippen LogP contribution in [-0.2, 0) is 0 Å². The summed E-state index contributed by atoms with van der Waals surface area (Å²) in [6, 6.07) is 71.9. The predicted octanol–water partition coefficient (Wildman–Crippen LogP) is 14.8. The third kappa shape index (κ3) is 5.44. The summed E-state index contributed by atoms with van der Waals surface area (Å²) >= 11 is 0. The van der Waals surface area contributed by atoms with Crippen LogP contribution in [0.4, 0.5) is 0 Å². The van der Waals surface area contributed by atoms with E-state index in [1.165, 1.54) is 0 Å². The molecule has 13 rings (SSSR count). The number of fused-ring (bicyclic) bond motifs is 8. The van der Waals surface area contributed by atoms with Gasteiger partial charge < -0.3 is 8.83 Å². The van der Waals surface area contributed by atoms with Crippen LogP contribution in [0.25, 0.3) is 122 Å². The lowest BCUT2D eigenvalue weighted by Crippen LogP contribution is -1.97.